The molecule has 0 aliphatic heterocycles. The molecule has 0 saturated carbocycles. The van der Waals surface area contributed by atoms with Crippen LogP contribution in [0.5, 0.6) is 0 Å². The standard InChI is InChI=1S/C9H11F4NO/c1-3-5-6(4-2)14-8(15)9(12,13)7(10)11/h1,6-7H,4-5H2,2H3,(H,14,15). The van der Waals surface area contributed by atoms with E-state index in [4.69, 9.17) is 6.42 Å². The van der Waals surface area contributed by atoms with Crippen molar-refractivity contribution in [1.82, 2.24) is 5.32 Å². The molecule has 0 saturated heterocycles. The lowest BCUT2D eigenvalue weighted by Gasteiger charge is -2.19. The molecule has 6 heteroatoms. The first-order valence-electron chi connectivity index (χ1n) is 4.26. The SMILES string of the molecule is C#CCC(CC)NC(=O)C(F)(F)C(F)F. The number of rotatable bonds is 5. The Balaban J connectivity index is 4.41. The summed E-state index contributed by atoms with van der Waals surface area (Å²) in [5.41, 5.74) is 0. The molecule has 0 aromatic heterocycles. The average molecular weight is 225 g/mol. The number of halogens is 4. The predicted octanol–water partition coefficient (Wildman–Crippen LogP) is 1.80. The summed E-state index contributed by atoms with van der Waals surface area (Å²) < 4.78 is 48.4. The minimum atomic E-state index is -4.66. The fourth-order valence-corrected chi connectivity index (χ4v) is 0.820. The largest absolute Gasteiger partial charge is 0.383 e. The zero-order valence-corrected chi connectivity index (χ0v) is 8.07. The van der Waals surface area contributed by atoms with Crippen LogP contribution in [-0.4, -0.2) is 24.3 Å². The van der Waals surface area contributed by atoms with Gasteiger partial charge in [-0.15, -0.1) is 12.3 Å². The molecule has 0 radical (unpaired) electrons. The smallest absolute Gasteiger partial charge is 0.347 e. The molecule has 0 aliphatic carbocycles. The van der Waals surface area contributed by atoms with Crippen molar-refractivity contribution in [3.63, 3.8) is 0 Å². The molecule has 0 rings (SSSR count). The van der Waals surface area contributed by atoms with Crippen LogP contribution in [0.1, 0.15) is 19.8 Å². The van der Waals surface area contributed by atoms with E-state index in [2.05, 4.69) is 5.92 Å². The predicted molar refractivity (Wildman–Crippen MR) is 46.6 cm³/mol. The zero-order valence-electron chi connectivity index (χ0n) is 8.07. The molecule has 15 heavy (non-hydrogen) atoms. The molecule has 0 aliphatic rings. The molecule has 1 atom stereocenters. The maximum Gasteiger partial charge on any atom is 0.383 e. The number of alkyl halides is 4. The zero-order chi connectivity index (χ0) is 12.1. The van der Waals surface area contributed by atoms with E-state index in [-0.39, 0.29) is 6.42 Å². The molecule has 1 amide bonds. The summed E-state index contributed by atoms with van der Waals surface area (Å²) in [5, 5.41) is 1.78. The Labute approximate surface area is 85.0 Å². The molecule has 2 nitrogen and oxygen atoms in total. The van der Waals surface area contributed by atoms with Crippen LogP contribution in [0.15, 0.2) is 0 Å². The van der Waals surface area contributed by atoms with Gasteiger partial charge in [-0.05, 0) is 6.42 Å². The molecule has 0 bridgehead atoms. The Morgan fingerprint density at radius 1 is 1.53 bits per heavy atom. The number of carbonyl (C=O) groups excluding carboxylic acids is 1. The van der Waals surface area contributed by atoms with Crippen molar-refractivity contribution in [3.05, 3.63) is 0 Å². The van der Waals surface area contributed by atoms with Gasteiger partial charge in [-0.1, -0.05) is 6.92 Å². The van der Waals surface area contributed by atoms with Crippen molar-refractivity contribution in [2.45, 2.75) is 38.2 Å². The highest BCUT2D eigenvalue weighted by molar-refractivity contribution is 5.84. The molecule has 0 aromatic rings. The lowest BCUT2D eigenvalue weighted by molar-refractivity contribution is -0.170. The first-order valence-corrected chi connectivity index (χ1v) is 4.26. The second-order valence-corrected chi connectivity index (χ2v) is 2.91. The highest BCUT2D eigenvalue weighted by Crippen LogP contribution is 2.23. The Kier molecular flexibility index (Phi) is 5.12. The quantitative estimate of drug-likeness (QED) is 0.561. The van der Waals surface area contributed by atoms with Gasteiger partial charge in [-0.25, -0.2) is 8.78 Å². The summed E-state index contributed by atoms with van der Waals surface area (Å²) in [7, 11) is 0. The monoisotopic (exact) mass is 225 g/mol. The summed E-state index contributed by atoms with van der Waals surface area (Å²) in [4.78, 5) is 10.7. The Morgan fingerprint density at radius 3 is 2.40 bits per heavy atom. The normalized spacial score (nSPS) is 13.4. The summed E-state index contributed by atoms with van der Waals surface area (Å²) in [6.07, 6.45) is 1.23. The van der Waals surface area contributed by atoms with E-state index in [1.807, 2.05) is 0 Å². The van der Waals surface area contributed by atoms with Gasteiger partial charge in [0.1, 0.15) is 0 Å². The van der Waals surface area contributed by atoms with Crippen LogP contribution in [0.3, 0.4) is 0 Å². The van der Waals surface area contributed by atoms with Crippen LogP contribution < -0.4 is 5.32 Å². The second kappa shape index (κ2) is 5.59. The van der Waals surface area contributed by atoms with Crippen LogP contribution in [-0.2, 0) is 4.79 Å². The second-order valence-electron chi connectivity index (χ2n) is 2.91. The Hall–Kier alpha value is -1.25. The summed E-state index contributed by atoms with van der Waals surface area (Å²) >= 11 is 0. The van der Waals surface area contributed by atoms with Crippen LogP contribution in [0.4, 0.5) is 17.6 Å². The van der Waals surface area contributed by atoms with E-state index >= 15 is 0 Å². The fourth-order valence-electron chi connectivity index (χ4n) is 0.820. The van der Waals surface area contributed by atoms with Crippen molar-refractivity contribution in [2.75, 3.05) is 0 Å². The molecular weight excluding hydrogens is 214 g/mol. The van der Waals surface area contributed by atoms with Gasteiger partial charge < -0.3 is 5.32 Å². The Morgan fingerprint density at radius 2 is 2.07 bits per heavy atom. The van der Waals surface area contributed by atoms with Gasteiger partial charge in [-0.2, -0.15) is 8.78 Å². The number of carbonyl (C=O) groups is 1. The molecule has 0 aromatic carbocycles. The van der Waals surface area contributed by atoms with E-state index in [0.29, 0.717) is 6.42 Å². The van der Waals surface area contributed by atoms with Crippen LogP contribution in [0.25, 0.3) is 0 Å². The topological polar surface area (TPSA) is 29.1 Å². The van der Waals surface area contributed by atoms with Crippen molar-refractivity contribution >= 4 is 5.91 Å². The molecular formula is C9H11F4NO. The average Bonchev–Trinajstić information content (AvgIpc) is 2.16. The van der Waals surface area contributed by atoms with Gasteiger partial charge in [0.25, 0.3) is 5.91 Å². The van der Waals surface area contributed by atoms with Crippen LogP contribution in [0, 0.1) is 12.3 Å². The maximum absolute atomic E-state index is 12.5. The minimum absolute atomic E-state index is 0.0293. The molecule has 0 fully saturated rings. The molecule has 86 valence electrons. The van der Waals surface area contributed by atoms with E-state index in [9.17, 15) is 22.4 Å². The van der Waals surface area contributed by atoms with Crippen molar-refractivity contribution < 1.29 is 22.4 Å². The lowest BCUT2D eigenvalue weighted by atomic mass is 10.1. The van der Waals surface area contributed by atoms with Gasteiger partial charge in [0.15, 0.2) is 0 Å². The number of nitrogens with one attached hydrogen (secondary N) is 1. The van der Waals surface area contributed by atoms with E-state index in [1.54, 1.807) is 12.2 Å². The van der Waals surface area contributed by atoms with Gasteiger partial charge in [0.05, 0.1) is 0 Å². The number of amides is 1. The van der Waals surface area contributed by atoms with Crippen LogP contribution in [0.2, 0.25) is 0 Å². The molecule has 0 heterocycles. The third-order valence-corrected chi connectivity index (χ3v) is 1.77. The highest BCUT2D eigenvalue weighted by atomic mass is 19.3. The van der Waals surface area contributed by atoms with E-state index < -0.39 is 24.3 Å². The third kappa shape index (κ3) is 3.78. The summed E-state index contributed by atoms with van der Waals surface area (Å²) in [6, 6.07) is -0.702. The number of hydrogen-bond acceptors (Lipinski definition) is 1. The van der Waals surface area contributed by atoms with Crippen molar-refractivity contribution in [2.24, 2.45) is 0 Å². The maximum atomic E-state index is 12.5. The Bertz CT molecular complexity index is 259. The van der Waals surface area contributed by atoms with E-state index in [0.717, 1.165) is 0 Å². The lowest BCUT2D eigenvalue weighted by Crippen LogP contribution is -2.48. The first kappa shape index (κ1) is 13.8. The summed E-state index contributed by atoms with van der Waals surface area (Å²) in [6.45, 7) is 1.60. The molecule has 1 N–H and O–H groups in total. The minimum Gasteiger partial charge on any atom is -0.347 e. The number of terminal acetylenes is 1. The summed E-state index contributed by atoms with van der Waals surface area (Å²) in [5.74, 6) is -4.49. The molecule has 0 spiro atoms. The molecule has 1 unspecified atom stereocenters. The van der Waals surface area contributed by atoms with Crippen molar-refractivity contribution in [1.29, 1.82) is 0 Å². The van der Waals surface area contributed by atoms with E-state index in [1.165, 1.54) is 0 Å². The van der Waals surface area contributed by atoms with Gasteiger partial charge >= 0.3 is 12.3 Å². The van der Waals surface area contributed by atoms with Gasteiger partial charge in [-0.3, -0.25) is 4.79 Å². The fraction of sp³-hybridized carbons (Fsp3) is 0.667. The van der Waals surface area contributed by atoms with Crippen molar-refractivity contribution in [3.8, 4) is 12.3 Å². The third-order valence-electron chi connectivity index (χ3n) is 1.77. The van der Waals surface area contributed by atoms with Gasteiger partial charge in [0, 0.05) is 12.5 Å². The highest BCUT2D eigenvalue weighted by Gasteiger charge is 2.49. The first-order chi connectivity index (χ1) is 6.86. The number of hydrogen-bond donors (Lipinski definition) is 1. The van der Waals surface area contributed by atoms with Gasteiger partial charge in [0.2, 0.25) is 0 Å². The van der Waals surface area contributed by atoms with Crippen LogP contribution >= 0.6 is 0 Å².